The molecule has 6 nitrogen and oxygen atoms in total. The molecule has 1 aliphatic rings. The number of hydrogen-bond donors (Lipinski definition) is 1. The lowest BCUT2D eigenvalue weighted by atomic mass is 10.2. The van der Waals surface area contributed by atoms with Crippen molar-refractivity contribution >= 4 is 51.7 Å². The van der Waals surface area contributed by atoms with Crippen LogP contribution in [0, 0.1) is 0 Å². The van der Waals surface area contributed by atoms with Gasteiger partial charge in [-0.3, -0.25) is 14.9 Å². The van der Waals surface area contributed by atoms with Crippen LogP contribution < -0.4 is 5.32 Å². The Morgan fingerprint density at radius 2 is 1.92 bits per heavy atom. The fourth-order valence-corrected chi connectivity index (χ4v) is 3.60. The van der Waals surface area contributed by atoms with E-state index in [4.69, 9.17) is 0 Å². The molecular weight excluding hydrogens is 344 g/mol. The minimum Gasteiger partial charge on any atom is -0.294 e. The van der Waals surface area contributed by atoms with Crippen molar-refractivity contribution in [1.82, 2.24) is 9.97 Å². The molecule has 2 amide bonds. The largest absolute Gasteiger partial charge is 0.294 e. The van der Waals surface area contributed by atoms with E-state index in [2.05, 4.69) is 20.3 Å². The summed E-state index contributed by atoms with van der Waals surface area (Å²) in [6.07, 6.45) is 4.89. The Labute approximate surface area is 146 Å². The zero-order chi connectivity index (χ0) is 16.8. The number of amides is 2. The third-order valence-electron chi connectivity index (χ3n) is 2.84. The van der Waals surface area contributed by atoms with Crippen LogP contribution in [0.25, 0.3) is 6.08 Å². The van der Waals surface area contributed by atoms with E-state index < -0.39 is 0 Å². The van der Waals surface area contributed by atoms with E-state index in [9.17, 15) is 9.59 Å². The van der Waals surface area contributed by atoms with Gasteiger partial charge in [0.2, 0.25) is 11.9 Å². The second-order valence-corrected chi connectivity index (χ2v) is 6.87. The first kappa shape index (κ1) is 16.4. The van der Waals surface area contributed by atoms with Crippen LogP contribution in [0.4, 0.5) is 5.95 Å². The van der Waals surface area contributed by atoms with Crippen molar-refractivity contribution in [1.29, 1.82) is 0 Å². The average Bonchev–Trinajstić information content (AvgIpc) is 2.95. The maximum absolute atomic E-state index is 11.9. The van der Waals surface area contributed by atoms with Crippen molar-refractivity contribution < 1.29 is 9.59 Å². The molecule has 0 saturated carbocycles. The first-order valence-electron chi connectivity index (χ1n) is 6.98. The molecule has 120 valence electrons. The van der Waals surface area contributed by atoms with Crippen LogP contribution in [0.2, 0.25) is 0 Å². The predicted octanol–water partition coefficient (Wildman–Crippen LogP) is 2.82. The first-order valence-corrected chi connectivity index (χ1v) is 8.78. The number of carbonyl (C=O) groups is 2. The number of thioether (sulfide) groups is 2. The molecule has 3 rings (SSSR count). The molecule has 0 aliphatic carbocycles. The van der Waals surface area contributed by atoms with Crippen molar-refractivity contribution in [2.75, 3.05) is 11.1 Å². The van der Waals surface area contributed by atoms with Crippen LogP contribution in [0.5, 0.6) is 0 Å². The van der Waals surface area contributed by atoms with Gasteiger partial charge in [0, 0.05) is 12.4 Å². The lowest BCUT2D eigenvalue weighted by Crippen LogP contribution is -2.16. The van der Waals surface area contributed by atoms with Crippen LogP contribution in [0.15, 0.2) is 58.7 Å². The van der Waals surface area contributed by atoms with Gasteiger partial charge >= 0.3 is 0 Å². The number of rotatable bonds is 4. The van der Waals surface area contributed by atoms with Gasteiger partial charge in [-0.25, -0.2) is 9.97 Å². The zero-order valence-electron chi connectivity index (χ0n) is 12.4. The summed E-state index contributed by atoms with van der Waals surface area (Å²) in [5.74, 6) is -0.138. The maximum atomic E-state index is 11.9. The van der Waals surface area contributed by atoms with E-state index in [1.807, 2.05) is 30.3 Å². The topological polar surface area (TPSA) is 84.3 Å². The molecule has 1 N–H and O–H groups in total. The third-order valence-corrected chi connectivity index (χ3v) is 4.97. The Balaban J connectivity index is 1.54. The van der Waals surface area contributed by atoms with E-state index in [-0.39, 0.29) is 23.5 Å². The van der Waals surface area contributed by atoms with Crippen LogP contribution in [-0.4, -0.2) is 31.9 Å². The number of hydrogen-bond acceptors (Lipinski definition) is 6. The zero-order valence-corrected chi connectivity index (χ0v) is 14.0. The van der Waals surface area contributed by atoms with Crippen molar-refractivity contribution in [3.63, 3.8) is 0 Å². The molecule has 2 aromatic rings. The molecule has 0 bridgehead atoms. The van der Waals surface area contributed by atoms with Gasteiger partial charge in [0.25, 0.3) is 5.91 Å². The molecule has 0 unspecified atom stereocenters. The van der Waals surface area contributed by atoms with Gasteiger partial charge in [0.05, 0.1) is 10.7 Å². The molecule has 0 radical (unpaired) electrons. The second-order valence-electron chi connectivity index (χ2n) is 4.61. The molecule has 0 spiro atoms. The average molecular weight is 356 g/mol. The highest BCUT2D eigenvalue weighted by molar-refractivity contribution is 8.41. The van der Waals surface area contributed by atoms with Crippen LogP contribution >= 0.6 is 23.5 Å². The lowest BCUT2D eigenvalue weighted by Gasteiger charge is -2.02. The molecule has 0 atom stereocenters. The summed E-state index contributed by atoms with van der Waals surface area (Å²) in [7, 11) is 0. The summed E-state index contributed by atoms with van der Waals surface area (Å²) in [5.41, 5.74) is 0.939. The van der Waals surface area contributed by atoms with Crippen molar-refractivity contribution in [2.45, 2.75) is 0 Å². The monoisotopic (exact) mass is 356 g/mol. The maximum Gasteiger partial charge on any atom is 0.285 e. The normalized spacial score (nSPS) is 15.4. The van der Waals surface area contributed by atoms with Crippen LogP contribution in [0.1, 0.15) is 5.56 Å². The predicted molar refractivity (Wildman–Crippen MR) is 97.6 cm³/mol. The summed E-state index contributed by atoms with van der Waals surface area (Å²) in [5, 5.41) is 2.58. The minimum absolute atomic E-state index is 0.135. The van der Waals surface area contributed by atoms with E-state index >= 15 is 0 Å². The third kappa shape index (κ3) is 4.53. The number of carbonyl (C=O) groups excluding carboxylic acids is 2. The van der Waals surface area contributed by atoms with Gasteiger partial charge in [-0.15, -0.1) is 0 Å². The molecule has 1 aromatic heterocycles. The number of nitrogens with zero attached hydrogens (tertiary/aromatic N) is 3. The molecule has 0 fully saturated rings. The highest BCUT2D eigenvalue weighted by Gasteiger charge is 2.22. The highest BCUT2D eigenvalue weighted by Crippen LogP contribution is 2.33. The standard InChI is InChI=1S/C16H12N4O2S2/c21-13(19-15-17-7-4-8-18-15)10-23-16-20-14(22)12(24-16)9-11-5-2-1-3-6-11/h1-9H,10H2,(H,17,18,19,21)/b12-9+. The van der Waals surface area contributed by atoms with Crippen LogP contribution in [-0.2, 0) is 9.59 Å². The SMILES string of the molecule is O=C(CSC1=NC(=O)/C(=C\c2ccccc2)S1)Nc1ncccn1. The Morgan fingerprint density at radius 3 is 2.67 bits per heavy atom. The highest BCUT2D eigenvalue weighted by atomic mass is 32.2. The first-order chi connectivity index (χ1) is 11.7. The summed E-state index contributed by atoms with van der Waals surface area (Å²) < 4.78 is 0.561. The molecule has 8 heteroatoms. The van der Waals surface area contributed by atoms with Gasteiger partial charge in [0.1, 0.15) is 4.38 Å². The molecule has 1 aromatic carbocycles. The molecule has 24 heavy (non-hydrogen) atoms. The van der Waals surface area contributed by atoms with E-state index in [0.29, 0.717) is 9.28 Å². The minimum atomic E-state index is -0.279. The van der Waals surface area contributed by atoms with Gasteiger partial charge < -0.3 is 0 Å². The number of anilines is 1. The van der Waals surface area contributed by atoms with E-state index in [1.165, 1.54) is 23.5 Å². The van der Waals surface area contributed by atoms with E-state index in [0.717, 1.165) is 5.56 Å². The number of aromatic nitrogens is 2. The van der Waals surface area contributed by atoms with Crippen molar-refractivity contribution in [3.8, 4) is 0 Å². The lowest BCUT2D eigenvalue weighted by molar-refractivity contribution is -0.114. The summed E-state index contributed by atoms with van der Waals surface area (Å²) >= 11 is 2.49. The molecular formula is C16H12N4O2S2. The summed E-state index contributed by atoms with van der Waals surface area (Å²) in [4.78, 5) is 36.1. The number of aliphatic imine (C=N–C) groups is 1. The second kappa shape index (κ2) is 7.89. The fourth-order valence-electron chi connectivity index (χ4n) is 1.80. The van der Waals surface area contributed by atoms with Crippen molar-refractivity contribution in [2.24, 2.45) is 4.99 Å². The van der Waals surface area contributed by atoms with Gasteiger partial charge in [0.15, 0.2) is 0 Å². The van der Waals surface area contributed by atoms with Gasteiger partial charge in [-0.2, -0.15) is 4.99 Å². The molecule has 1 aliphatic heterocycles. The number of nitrogens with one attached hydrogen (secondary N) is 1. The van der Waals surface area contributed by atoms with Gasteiger partial charge in [-0.05, 0) is 17.7 Å². The Hall–Kier alpha value is -2.45. The number of benzene rings is 1. The fraction of sp³-hybridized carbons (Fsp3) is 0.0625. The molecule has 2 heterocycles. The van der Waals surface area contributed by atoms with Crippen LogP contribution in [0.3, 0.4) is 0 Å². The molecule has 0 saturated heterocycles. The quantitative estimate of drug-likeness (QED) is 0.848. The summed E-state index contributed by atoms with van der Waals surface area (Å²) in [6.45, 7) is 0. The Kier molecular flexibility index (Phi) is 5.39. The summed E-state index contributed by atoms with van der Waals surface area (Å²) in [6, 6.07) is 11.2. The van der Waals surface area contributed by atoms with Gasteiger partial charge in [-0.1, -0.05) is 53.9 Å². The Morgan fingerprint density at radius 1 is 1.17 bits per heavy atom. The van der Waals surface area contributed by atoms with E-state index in [1.54, 1.807) is 24.5 Å². The van der Waals surface area contributed by atoms with Crippen molar-refractivity contribution in [3.05, 3.63) is 59.3 Å². The smallest absolute Gasteiger partial charge is 0.285 e. The Bertz CT molecular complexity index is 807.